The summed E-state index contributed by atoms with van der Waals surface area (Å²) < 4.78 is 24.5. The Hall–Kier alpha value is -1.14. The molecule has 0 unspecified atom stereocenters. The molecule has 2 fully saturated rings. The van der Waals surface area contributed by atoms with Crippen LogP contribution in [0.25, 0.3) is 0 Å². The minimum atomic E-state index is -1.43. The van der Waals surface area contributed by atoms with Gasteiger partial charge in [-0.15, -0.1) is 0 Å². The number of carbonyl (C=O) groups excluding carboxylic acids is 2. The molecular weight excluding hydrogens is 504 g/mol. The Kier molecular flexibility index (Phi) is 12.4. The number of Topliss-reactive ketones (excluding diaryl/α,β-unsaturated/α-hetero) is 1. The number of likely N-dealkylation sites (N-methyl/N-ethyl adjacent to an activating group) is 2. The molecule has 0 spiro atoms. The fourth-order valence-electron chi connectivity index (χ4n) is 6.22. The second kappa shape index (κ2) is 14.2. The highest BCUT2D eigenvalue weighted by Crippen LogP contribution is 2.38. The molecule has 0 aromatic heterocycles. The fourth-order valence-corrected chi connectivity index (χ4v) is 6.22. The van der Waals surface area contributed by atoms with Crippen molar-refractivity contribution in [3.05, 3.63) is 0 Å². The van der Waals surface area contributed by atoms with Crippen LogP contribution in [0.5, 0.6) is 0 Å². The monoisotopic (exact) mass is 558 g/mol. The number of hydrogen-bond acceptors (Lipinski definition) is 10. The lowest BCUT2D eigenvalue weighted by Crippen LogP contribution is -2.59. The first kappa shape index (κ1) is 34.1. The molecule has 0 bridgehead atoms. The summed E-state index contributed by atoms with van der Waals surface area (Å²) in [5.41, 5.74) is -2.36. The third-order valence-corrected chi connectivity index (χ3v) is 8.70. The summed E-state index contributed by atoms with van der Waals surface area (Å²) >= 11 is 0. The first-order valence-corrected chi connectivity index (χ1v) is 14.3. The quantitative estimate of drug-likeness (QED) is 0.355. The molecule has 2 aliphatic rings. The van der Waals surface area contributed by atoms with Crippen LogP contribution in [0.2, 0.25) is 0 Å². The van der Waals surface area contributed by atoms with Gasteiger partial charge in [-0.3, -0.25) is 14.5 Å². The highest BCUT2D eigenvalue weighted by molar-refractivity contribution is 6.04. The number of ketones is 1. The van der Waals surface area contributed by atoms with Crippen LogP contribution in [0, 0.1) is 17.3 Å². The van der Waals surface area contributed by atoms with E-state index in [1.54, 1.807) is 27.9 Å². The molecule has 39 heavy (non-hydrogen) atoms. The SMILES string of the molecule is CO[C@]1(C)C[C@@H](C)CN(C)[C@@H](CCCO)COC(=O)C(C)(C)C(=O)[C@H](C)[C@H]1O[C@@H]1O[C@H](C)C[C@H](N(C)C)[C@H]1O. The average molecular weight is 559 g/mol. The van der Waals surface area contributed by atoms with Crippen molar-refractivity contribution in [2.24, 2.45) is 17.3 Å². The van der Waals surface area contributed by atoms with Gasteiger partial charge in [0.1, 0.15) is 18.1 Å². The number of methoxy groups -OCH3 is 1. The van der Waals surface area contributed by atoms with Gasteiger partial charge in [-0.05, 0) is 80.4 Å². The molecule has 2 aliphatic heterocycles. The Bertz CT molecular complexity index is 808. The maximum Gasteiger partial charge on any atom is 0.319 e. The molecule has 2 heterocycles. The number of esters is 1. The number of rotatable bonds is 7. The van der Waals surface area contributed by atoms with Crippen LogP contribution in [0.1, 0.15) is 67.2 Å². The second-order valence-corrected chi connectivity index (χ2v) is 12.8. The van der Waals surface area contributed by atoms with Gasteiger partial charge in [0, 0.05) is 38.3 Å². The number of hydrogen-bond donors (Lipinski definition) is 2. The zero-order valence-corrected chi connectivity index (χ0v) is 25.8. The number of aliphatic hydroxyl groups excluding tert-OH is 2. The number of nitrogens with zero attached hydrogens (tertiary/aromatic N) is 2. The molecule has 0 saturated carbocycles. The smallest absolute Gasteiger partial charge is 0.319 e. The van der Waals surface area contributed by atoms with Crippen LogP contribution in [0.15, 0.2) is 0 Å². The number of ether oxygens (including phenoxy) is 4. The molecule has 0 amide bonds. The Morgan fingerprint density at radius 3 is 2.36 bits per heavy atom. The van der Waals surface area contributed by atoms with E-state index in [1.807, 2.05) is 39.9 Å². The lowest BCUT2D eigenvalue weighted by atomic mass is 9.74. The summed E-state index contributed by atoms with van der Waals surface area (Å²) in [6.45, 7) is 11.8. The Morgan fingerprint density at radius 2 is 1.79 bits per heavy atom. The van der Waals surface area contributed by atoms with Crippen molar-refractivity contribution >= 4 is 11.8 Å². The van der Waals surface area contributed by atoms with Gasteiger partial charge >= 0.3 is 5.97 Å². The normalized spacial score (nSPS) is 39.5. The molecule has 228 valence electrons. The largest absolute Gasteiger partial charge is 0.463 e. The zero-order chi connectivity index (χ0) is 29.7. The van der Waals surface area contributed by atoms with Crippen molar-refractivity contribution in [2.75, 3.05) is 48.0 Å². The number of aliphatic hydroxyl groups is 2. The van der Waals surface area contributed by atoms with E-state index in [0.29, 0.717) is 32.2 Å². The van der Waals surface area contributed by atoms with Crippen LogP contribution in [0.3, 0.4) is 0 Å². The highest BCUT2D eigenvalue weighted by atomic mass is 16.7. The predicted octanol–water partition coefficient (Wildman–Crippen LogP) is 2.09. The van der Waals surface area contributed by atoms with Gasteiger partial charge in [-0.1, -0.05) is 13.8 Å². The van der Waals surface area contributed by atoms with Crippen molar-refractivity contribution in [2.45, 2.75) is 110 Å². The molecular formula is C29H54N2O8. The Labute approximate surface area is 235 Å². The fraction of sp³-hybridized carbons (Fsp3) is 0.931. The minimum absolute atomic E-state index is 0.0541. The lowest BCUT2D eigenvalue weighted by Gasteiger charge is -2.47. The summed E-state index contributed by atoms with van der Waals surface area (Å²) in [4.78, 5) is 31.3. The van der Waals surface area contributed by atoms with Gasteiger partial charge in [0.05, 0.1) is 17.8 Å². The molecule has 0 aromatic rings. The van der Waals surface area contributed by atoms with Crippen molar-refractivity contribution in [3.8, 4) is 0 Å². The van der Waals surface area contributed by atoms with Crippen LogP contribution >= 0.6 is 0 Å². The molecule has 2 rings (SSSR count). The minimum Gasteiger partial charge on any atom is -0.463 e. The molecule has 9 atom stereocenters. The first-order valence-electron chi connectivity index (χ1n) is 14.3. The van der Waals surface area contributed by atoms with Gasteiger partial charge in [-0.2, -0.15) is 0 Å². The van der Waals surface area contributed by atoms with Crippen LogP contribution in [-0.2, 0) is 28.5 Å². The molecule has 10 heteroatoms. The summed E-state index contributed by atoms with van der Waals surface area (Å²) in [5, 5.41) is 20.6. The third-order valence-electron chi connectivity index (χ3n) is 8.70. The Morgan fingerprint density at radius 1 is 1.15 bits per heavy atom. The maximum atomic E-state index is 14.0. The van der Waals surface area contributed by atoms with E-state index >= 15 is 0 Å². The molecule has 2 saturated heterocycles. The van der Waals surface area contributed by atoms with Gasteiger partial charge in [0.2, 0.25) is 0 Å². The van der Waals surface area contributed by atoms with Crippen LogP contribution < -0.4 is 0 Å². The molecule has 10 nitrogen and oxygen atoms in total. The standard InChI is InChI=1S/C29H54N2O8/c1-18-15-29(6,36-10)25(39-26-23(33)22(30(7)8)14-19(2)38-26)20(3)24(34)28(4,5)27(35)37-17-21(12-11-13-32)31(9)16-18/h18-23,25-26,32-33H,11-17H2,1-10H3/t18-,19-,20+,21+,22+,23-,25-,26+,29-/m1/s1. The van der Waals surface area contributed by atoms with Gasteiger partial charge < -0.3 is 34.1 Å². The predicted molar refractivity (Wildman–Crippen MR) is 148 cm³/mol. The summed E-state index contributed by atoms with van der Waals surface area (Å²) in [6, 6.07) is -0.271. The molecule has 0 radical (unpaired) electrons. The van der Waals surface area contributed by atoms with Gasteiger partial charge in [0.25, 0.3) is 0 Å². The topological polar surface area (TPSA) is 118 Å². The Balaban J connectivity index is 2.51. The zero-order valence-electron chi connectivity index (χ0n) is 25.8. The van der Waals surface area contributed by atoms with E-state index in [4.69, 9.17) is 18.9 Å². The first-order chi connectivity index (χ1) is 18.1. The lowest BCUT2D eigenvalue weighted by molar-refractivity contribution is -0.295. The number of carbonyl (C=O) groups is 2. The van der Waals surface area contributed by atoms with E-state index in [0.717, 1.165) is 0 Å². The van der Waals surface area contributed by atoms with Crippen molar-refractivity contribution in [1.29, 1.82) is 0 Å². The van der Waals surface area contributed by atoms with Gasteiger partial charge in [0.15, 0.2) is 12.1 Å². The van der Waals surface area contributed by atoms with Crippen LogP contribution in [0.4, 0.5) is 0 Å². The highest BCUT2D eigenvalue weighted by Gasteiger charge is 2.51. The molecule has 0 aliphatic carbocycles. The summed E-state index contributed by atoms with van der Waals surface area (Å²) in [6.07, 6.45) is -0.416. The van der Waals surface area contributed by atoms with Crippen molar-refractivity contribution in [1.82, 2.24) is 9.80 Å². The van der Waals surface area contributed by atoms with E-state index in [1.165, 1.54) is 0 Å². The van der Waals surface area contributed by atoms with E-state index in [9.17, 15) is 19.8 Å². The summed E-state index contributed by atoms with van der Waals surface area (Å²) in [5.74, 6) is -1.56. The van der Waals surface area contributed by atoms with Crippen LogP contribution in [-0.4, -0.2) is 122 Å². The second-order valence-electron chi connectivity index (χ2n) is 12.8. The maximum absolute atomic E-state index is 14.0. The van der Waals surface area contributed by atoms with E-state index in [-0.39, 0.29) is 43.1 Å². The van der Waals surface area contributed by atoms with E-state index < -0.39 is 41.4 Å². The van der Waals surface area contributed by atoms with Crippen molar-refractivity contribution < 1.29 is 38.7 Å². The van der Waals surface area contributed by atoms with Gasteiger partial charge in [-0.25, -0.2) is 0 Å². The molecule has 0 aromatic carbocycles. The van der Waals surface area contributed by atoms with Crippen molar-refractivity contribution in [3.63, 3.8) is 0 Å². The molecule has 2 N–H and O–H groups in total. The van der Waals surface area contributed by atoms with E-state index in [2.05, 4.69) is 11.8 Å². The summed E-state index contributed by atoms with van der Waals surface area (Å²) in [7, 11) is 7.41. The average Bonchev–Trinajstić information content (AvgIpc) is 2.86. The third kappa shape index (κ3) is 8.21. The number of cyclic esters (lactones) is 1.